The number of nitrogens with zero attached hydrogens (tertiary/aromatic N) is 3. The third-order valence-electron chi connectivity index (χ3n) is 4.41. The zero-order chi connectivity index (χ0) is 17.4. The molecule has 0 bridgehead atoms. The smallest absolute Gasteiger partial charge is 0.429 e. The first-order valence-corrected chi connectivity index (χ1v) is 8.12. The van der Waals surface area contributed by atoms with E-state index in [-0.39, 0.29) is 17.5 Å². The molecule has 1 aromatic carbocycles. The Morgan fingerprint density at radius 1 is 1.24 bits per heavy atom. The monoisotopic (exact) mass is 342 g/mol. The minimum atomic E-state index is -0.805. The van der Waals surface area contributed by atoms with Gasteiger partial charge in [-0.05, 0) is 30.1 Å². The molecule has 1 aromatic rings. The number of carbonyl (C=O) groups excluding carboxylic acids is 1. The van der Waals surface area contributed by atoms with Crippen LogP contribution in [0.5, 0.6) is 5.75 Å². The van der Waals surface area contributed by atoms with E-state index in [0.29, 0.717) is 18.8 Å². The maximum atomic E-state index is 11.8. The summed E-state index contributed by atoms with van der Waals surface area (Å²) < 4.78 is 12.3. The highest BCUT2D eigenvalue weighted by molar-refractivity contribution is 5.88. The number of ether oxygens (including phenoxy) is 2. The zero-order valence-corrected chi connectivity index (χ0v) is 13.3. The summed E-state index contributed by atoms with van der Waals surface area (Å²) in [4.78, 5) is 21.9. The van der Waals surface area contributed by atoms with Crippen molar-refractivity contribution in [3.8, 4) is 5.75 Å². The number of nitro benzene ring substituents is 1. The van der Waals surface area contributed by atoms with Crippen LogP contribution in [0.2, 0.25) is 0 Å². The highest BCUT2D eigenvalue weighted by Gasteiger charge is 2.43. The van der Waals surface area contributed by atoms with Gasteiger partial charge in [0.15, 0.2) is 5.71 Å². The molecule has 0 spiro atoms. The average Bonchev–Trinajstić information content (AvgIpc) is 3.29. The van der Waals surface area contributed by atoms with Crippen LogP contribution in [-0.4, -0.2) is 33.8 Å². The Kier molecular flexibility index (Phi) is 3.79. The second-order valence-corrected chi connectivity index (χ2v) is 6.26. The summed E-state index contributed by atoms with van der Waals surface area (Å²) in [5.41, 5.74) is 2.31. The highest BCUT2D eigenvalue weighted by Crippen LogP contribution is 2.39. The first-order valence-electron chi connectivity index (χ1n) is 8.12. The van der Waals surface area contributed by atoms with Crippen LogP contribution in [0.3, 0.4) is 0 Å². The number of hydrogen-bond acceptors (Lipinski definition) is 6. The normalized spacial score (nSPS) is 21.6. The fourth-order valence-corrected chi connectivity index (χ4v) is 2.88. The lowest BCUT2D eigenvalue weighted by Gasteiger charge is -2.24. The van der Waals surface area contributed by atoms with E-state index in [1.54, 1.807) is 6.21 Å². The molecule has 1 heterocycles. The summed E-state index contributed by atoms with van der Waals surface area (Å²) in [7, 11) is 0. The van der Waals surface area contributed by atoms with E-state index in [1.165, 1.54) is 42.8 Å². The van der Waals surface area contributed by atoms with Crippen molar-refractivity contribution in [1.82, 2.24) is 0 Å². The summed E-state index contributed by atoms with van der Waals surface area (Å²) in [6.45, 7) is 0. The van der Waals surface area contributed by atoms with Gasteiger partial charge >= 0.3 is 6.16 Å². The van der Waals surface area contributed by atoms with E-state index in [4.69, 9.17) is 9.47 Å². The molecule has 4 rings (SSSR count). The Bertz CT molecular complexity index is 813. The van der Waals surface area contributed by atoms with E-state index in [0.717, 1.165) is 5.71 Å². The number of rotatable bonds is 4. The molecule has 0 saturated heterocycles. The number of hydrogen-bond donors (Lipinski definition) is 0. The summed E-state index contributed by atoms with van der Waals surface area (Å²) in [5.74, 6) is 0.823. The quantitative estimate of drug-likeness (QED) is 0.276. The van der Waals surface area contributed by atoms with Crippen molar-refractivity contribution in [3.63, 3.8) is 0 Å². The maximum absolute atomic E-state index is 11.8. The SMILES string of the molecule is O=C(Oc1ccc([N+](=O)[O-])cc1)OC1CC(=[N+]2N=CC=C2C2CC2)C1. The lowest BCUT2D eigenvalue weighted by molar-refractivity contribution is -0.487. The first-order chi connectivity index (χ1) is 12.1. The van der Waals surface area contributed by atoms with Crippen LogP contribution in [0.15, 0.2) is 41.1 Å². The largest absolute Gasteiger partial charge is 0.514 e. The van der Waals surface area contributed by atoms with E-state index in [2.05, 4.69) is 5.10 Å². The predicted molar refractivity (Wildman–Crippen MR) is 87.8 cm³/mol. The Morgan fingerprint density at radius 2 is 1.96 bits per heavy atom. The molecular formula is C17H16N3O5+. The van der Waals surface area contributed by atoms with Gasteiger partial charge in [-0.2, -0.15) is 0 Å². The maximum Gasteiger partial charge on any atom is 0.514 e. The van der Waals surface area contributed by atoms with Crippen LogP contribution in [0, 0.1) is 16.0 Å². The topological polar surface area (TPSA) is 94.0 Å². The number of non-ortho nitro benzene ring substituents is 1. The molecule has 0 atom stereocenters. The van der Waals surface area contributed by atoms with Crippen LogP contribution >= 0.6 is 0 Å². The number of benzene rings is 1. The van der Waals surface area contributed by atoms with Crippen LogP contribution in [0.1, 0.15) is 25.7 Å². The van der Waals surface area contributed by atoms with Gasteiger partial charge in [-0.25, -0.2) is 4.79 Å². The van der Waals surface area contributed by atoms with Gasteiger partial charge in [0, 0.05) is 24.1 Å². The van der Waals surface area contributed by atoms with E-state index < -0.39 is 11.1 Å². The Balaban J connectivity index is 1.29. The second-order valence-electron chi connectivity index (χ2n) is 6.26. The molecule has 2 saturated carbocycles. The molecule has 0 unspecified atom stereocenters. The Hall–Kier alpha value is -3.03. The van der Waals surface area contributed by atoms with E-state index in [9.17, 15) is 14.9 Å². The average molecular weight is 342 g/mol. The summed E-state index contributed by atoms with van der Waals surface area (Å²) in [6.07, 6.45) is 6.51. The molecule has 0 aromatic heterocycles. The molecule has 3 aliphatic rings. The van der Waals surface area contributed by atoms with Crippen molar-refractivity contribution >= 4 is 23.8 Å². The van der Waals surface area contributed by atoms with Gasteiger partial charge in [0.05, 0.1) is 17.8 Å². The Labute approximate surface area is 143 Å². The van der Waals surface area contributed by atoms with Gasteiger partial charge in [-0.1, -0.05) is 4.68 Å². The third kappa shape index (κ3) is 3.28. The fourth-order valence-electron chi connectivity index (χ4n) is 2.88. The van der Waals surface area contributed by atoms with Crippen LogP contribution in [0.25, 0.3) is 0 Å². The molecule has 25 heavy (non-hydrogen) atoms. The van der Waals surface area contributed by atoms with Crippen molar-refractivity contribution < 1.29 is 23.9 Å². The summed E-state index contributed by atoms with van der Waals surface area (Å²) in [5, 5.41) is 14.9. The molecule has 8 nitrogen and oxygen atoms in total. The highest BCUT2D eigenvalue weighted by atomic mass is 16.7. The lowest BCUT2D eigenvalue weighted by Crippen LogP contribution is -2.38. The van der Waals surface area contributed by atoms with Crippen molar-refractivity contribution in [2.75, 3.05) is 0 Å². The van der Waals surface area contributed by atoms with Crippen molar-refractivity contribution in [3.05, 3.63) is 46.2 Å². The van der Waals surface area contributed by atoms with E-state index in [1.807, 2.05) is 10.8 Å². The van der Waals surface area contributed by atoms with Gasteiger partial charge < -0.3 is 9.47 Å². The molecule has 0 radical (unpaired) electrons. The van der Waals surface area contributed by atoms with Gasteiger partial charge in [0.1, 0.15) is 18.1 Å². The summed E-state index contributed by atoms with van der Waals surface area (Å²) >= 11 is 0. The van der Waals surface area contributed by atoms with Crippen molar-refractivity contribution in [2.24, 2.45) is 11.0 Å². The summed E-state index contributed by atoms with van der Waals surface area (Å²) in [6, 6.07) is 5.27. The molecule has 1 aliphatic heterocycles. The van der Waals surface area contributed by atoms with Crippen molar-refractivity contribution in [2.45, 2.75) is 31.8 Å². The number of nitro groups is 1. The van der Waals surface area contributed by atoms with Crippen molar-refractivity contribution in [1.29, 1.82) is 0 Å². The van der Waals surface area contributed by atoms with Gasteiger partial charge in [0.2, 0.25) is 5.70 Å². The second kappa shape index (κ2) is 6.12. The number of hydrazone groups is 1. The molecule has 0 N–H and O–H groups in total. The first kappa shape index (κ1) is 15.5. The molecule has 128 valence electrons. The number of allylic oxidation sites excluding steroid dienone is 2. The minimum Gasteiger partial charge on any atom is -0.429 e. The molecule has 8 heteroatoms. The molecule has 2 aliphatic carbocycles. The standard InChI is InChI=1S/C17H16N3O5/c21-17(24-14-5-3-12(4-6-14)20(22)23)25-15-9-13(10-15)19-16(7-8-18-19)11-1-2-11/h3-8,11,15H,1-2,9-10H2/q+1. The Morgan fingerprint density at radius 3 is 2.60 bits per heavy atom. The van der Waals surface area contributed by atoms with Crippen LogP contribution in [0.4, 0.5) is 10.5 Å². The molecule has 0 amide bonds. The zero-order valence-electron chi connectivity index (χ0n) is 13.3. The molecule has 2 fully saturated rings. The minimum absolute atomic E-state index is 0.0651. The number of carbonyl (C=O) groups is 1. The van der Waals surface area contributed by atoms with Crippen LogP contribution < -0.4 is 4.74 Å². The van der Waals surface area contributed by atoms with Crippen LogP contribution in [-0.2, 0) is 4.74 Å². The molecular weight excluding hydrogens is 326 g/mol. The fraction of sp³-hybridized carbons (Fsp3) is 0.353. The van der Waals surface area contributed by atoms with E-state index >= 15 is 0 Å². The van der Waals surface area contributed by atoms with Gasteiger partial charge in [-0.3, -0.25) is 10.1 Å². The van der Waals surface area contributed by atoms with Gasteiger partial charge in [-0.15, -0.1) is 0 Å². The lowest BCUT2D eigenvalue weighted by atomic mass is 9.92. The van der Waals surface area contributed by atoms with Gasteiger partial charge in [0.25, 0.3) is 5.69 Å². The third-order valence-corrected chi connectivity index (χ3v) is 4.41. The predicted octanol–water partition coefficient (Wildman–Crippen LogP) is 3.02.